The Labute approximate surface area is 199 Å². The van der Waals surface area contributed by atoms with Gasteiger partial charge in [-0.25, -0.2) is 4.39 Å². The van der Waals surface area contributed by atoms with Crippen molar-refractivity contribution < 1.29 is 14.0 Å². The van der Waals surface area contributed by atoms with E-state index in [0.717, 1.165) is 38.3 Å². The van der Waals surface area contributed by atoms with Gasteiger partial charge in [0.2, 0.25) is 0 Å². The van der Waals surface area contributed by atoms with Gasteiger partial charge in [-0.2, -0.15) is 0 Å². The molecule has 2 amide bonds. The Kier molecular flexibility index (Phi) is 7.54. The molecule has 34 heavy (non-hydrogen) atoms. The van der Waals surface area contributed by atoms with E-state index in [-0.39, 0.29) is 11.5 Å². The standard InChI is InChI=1S/C27H29FN4O2/c1-20-11-12-21(19-25(20)30-27(34)23-9-5-6-10-24(23)28)26(33)29-13-14-31-15-17-32(18-16-31)22-7-3-2-4-8-22/h2-12,19H,13-18H2,1H3,(H,29,33)(H,30,34). The molecule has 1 fully saturated rings. The fourth-order valence-corrected chi connectivity index (χ4v) is 4.03. The van der Waals surface area contributed by atoms with Crippen molar-refractivity contribution in [2.45, 2.75) is 6.92 Å². The topological polar surface area (TPSA) is 64.7 Å². The van der Waals surface area contributed by atoms with Crippen molar-refractivity contribution in [3.63, 3.8) is 0 Å². The quantitative estimate of drug-likeness (QED) is 0.561. The van der Waals surface area contributed by atoms with Gasteiger partial charge in [0.1, 0.15) is 5.82 Å². The van der Waals surface area contributed by atoms with E-state index < -0.39 is 11.7 Å². The van der Waals surface area contributed by atoms with Crippen molar-refractivity contribution in [1.29, 1.82) is 0 Å². The van der Waals surface area contributed by atoms with Crippen LogP contribution in [-0.4, -0.2) is 56.0 Å². The molecule has 2 N–H and O–H groups in total. The number of anilines is 2. The minimum absolute atomic E-state index is 0.0379. The summed E-state index contributed by atoms with van der Waals surface area (Å²) in [5, 5.41) is 5.68. The molecule has 0 aromatic heterocycles. The molecule has 1 aliphatic heterocycles. The van der Waals surface area contributed by atoms with Crippen molar-refractivity contribution in [2.24, 2.45) is 0 Å². The maximum absolute atomic E-state index is 13.9. The summed E-state index contributed by atoms with van der Waals surface area (Å²) in [5.74, 6) is -1.34. The molecule has 6 nitrogen and oxygen atoms in total. The highest BCUT2D eigenvalue weighted by Crippen LogP contribution is 2.19. The Bertz CT molecular complexity index is 1140. The molecule has 0 saturated carbocycles. The fourth-order valence-electron chi connectivity index (χ4n) is 4.03. The largest absolute Gasteiger partial charge is 0.369 e. The van der Waals surface area contributed by atoms with Gasteiger partial charge in [0.15, 0.2) is 0 Å². The average Bonchev–Trinajstić information content (AvgIpc) is 2.86. The van der Waals surface area contributed by atoms with E-state index in [1.807, 2.05) is 13.0 Å². The highest BCUT2D eigenvalue weighted by molar-refractivity contribution is 6.05. The summed E-state index contributed by atoms with van der Waals surface area (Å²) < 4.78 is 13.9. The maximum Gasteiger partial charge on any atom is 0.258 e. The monoisotopic (exact) mass is 460 g/mol. The molecule has 1 aliphatic rings. The number of hydrogen-bond acceptors (Lipinski definition) is 4. The molecule has 3 aromatic carbocycles. The summed E-state index contributed by atoms with van der Waals surface area (Å²) >= 11 is 0. The Morgan fingerprint density at radius 2 is 1.59 bits per heavy atom. The number of nitrogens with one attached hydrogen (secondary N) is 2. The Balaban J connectivity index is 1.27. The van der Waals surface area contributed by atoms with Crippen LogP contribution >= 0.6 is 0 Å². The molecule has 4 rings (SSSR count). The van der Waals surface area contributed by atoms with Gasteiger partial charge in [-0.1, -0.05) is 36.4 Å². The van der Waals surface area contributed by atoms with E-state index in [4.69, 9.17) is 0 Å². The minimum atomic E-state index is -0.587. The van der Waals surface area contributed by atoms with Gasteiger partial charge in [-0.05, 0) is 48.9 Å². The molecule has 3 aromatic rings. The number of amides is 2. The highest BCUT2D eigenvalue weighted by Gasteiger charge is 2.18. The molecule has 0 aliphatic carbocycles. The van der Waals surface area contributed by atoms with Gasteiger partial charge in [0, 0.05) is 56.2 Å². The molecule has 7 heteroatoms. The number of benzene rings is 3. The van der Waals surface area contributed by atoms with Crippen molar-refractivity contribution >= 4 is 23.2 Å². The molecule has 0 unspecified atom stereocenters. The van der Waals surface area contributed by atoms with Crippen molar-refractivity contribution in [2.75, 3.05) is 49.5 Å². The molecule has 0 spiro atoms. The van der Waals surface area contributed by atoms with Gasteiger partial charge in [-0.3, -0.25) is 14.5 Å². The van der Waals surface area contributed by atoms with Crippen LogP contribution in [-0.2, 0) is 0 Å². The smallest absolute Gasteiger partial charge is 0.258 e. The molecule has 176 valence electrons. The van der Waals surface area contributed by atoms with Gasteiger partial charge in [0.05, 0.1) is 5.56 Å². The van der Waals surface area contributed by atoms with Crippen LogP contribution in [0, 0.1) is 12.7 Å². The van der Waals surface area contributed by atoms with Crippen LogP contribution in [0.5, 0.6) is 0 Å². The third kappa shape index (κ3) is 5.80. The molecule has 1 heterocycles. The van der Waals surface area contributed by atoms with Gasteiger partial charge >= 0.3 is 0 Å². The fraction of sp³-hybridized carbons (Fsp3) is 0.259. The summed E-state index contributed by atoms with van der Waals surface area (Å²) in [5.41, 5.74) is 2.93. The number of piperazine rings is 1. The van der Waals surface area contributed by atoms with E-state index >= 15 is 0 Å². The van der Waals surface area contributed by atoms with Crippen molar-refractivity contribution in [3.8, 4) is 0 Å². The number of nitrogens with zero attached hydrogens (tertiary/aromatic N) is 2. The van der Waals surface area contributed by atoms with Crippen LogP contribution in [0.4, 0.5) is 15.8 Å². The van der Waals surface area contributed by atoms with Gasteiger partial charge in [-0.15, -0.1) is 0 Å². The minimum Gasteiger partial charge on any atom is -0.369 e. The average molecular weight is 461 g/mol. The van der Waals surface area contributed by atoms with Crippen molar-refractivity contribution in [3.05, 3.63) is 95.3 Å². The third-order valence-electron chi connectivity index (χ3n) is 6.07. The second-order valence-electron chi connectivity index (χ2n) is 8.38. The first kappa shape index (κ1) is 23.4. The molecule has 0 bridgehead atoms. The summed E-state index contributed by atoms with van der Waals surface area (Å²) in [6, 6.07) is 21.3. The Morgan fingerprint density at radius 1 is 0.882 bits per heavy atom. The number of rotatable bonds is 7. The van der Waals surface area contributed by atoms with E-state index in [2.05, 4.69) is 44.7 Å². The molecule has 0 radical (unpaired) electrons. The lowest BCUT2D eigenvalue weighted by Gasteiger charge is -2.36. The zero-order chi connectivity index (χ0) is 23.9. The van der Waals surface area contributed by atoms with Crippen LogP contribution in [0.15, 0.2) is 72.8 Å². The predicted molar refractivity (Wildman–Crippen MR) is 133 cm³/mol. The SMILES string of the molecule is Cc1ccc(C(=O)NCCN2CCN(c3ccccc3)CC2)cc1NC(=O)c1ccccc1F. The third-order valence-corrected chi connectivity index (χ3v) is 6.07. The Morgan fingerprint density at radius 3 is 2.32 bits per heavy atom. The maximum atomic E-state index is 13.9. The molecular formula is C27H29FN4O2. The molecular weight excluding hydrogens is 431 g/mol. The number of aryl methyl sites for hydroxylation is 1. The number of halogens is 1. The first-order valence-electron chi connectivity index (χ1n) is 11.5. The second kappa shape index (κ2) is 10.9. The Hall–Kier alpha value is -3.71. The van der Waals surface area contributed by atoms with E-state index in [9.17, 15) is 14.0 Å². The summed E-state index contributed by atoms with van der Waals surface area (Å²) in [4.78, 5) is 29.9. The van der Waals surface area contributed by atoms with Crippen LogP contribution in [0.2, 0.25) is 0 Å². The number of para-hydroxylation sites is 1. The second-order valence-corrected chi connectivity index (χ2v) is 8.38. The number of carbonyl (C=O) groups excluding carboxylic acids is 2. The molecule has 1 saturated heterocycles. The van der Waals surface area contributed by atoms with Crippen LogP contribution in [0.1, 0.15) is 26.3 Å². The number of carbonyl (C=O) groups is 2. The lowest BCUT2D eigenvalue weighted by atomic mass is 10.1. The van der Waals surface area contributed by atoms with E-state index in [1.165, 1.54) is 23.9 Å². The zero-order valence-corrected chi connectivity index (χ0v) is 19.3. The van der Waals surface area contributed by atoms with Crippen LogP contribution in [0.3, 0.4) is 0 Å². The van der Waals surface area contributed by atoms with Crippen LogP contribution in [0.25, 0.3) is 0 Å². The summed E-state index contributed by atoms with van der Waals surface area (Å²) in [6.45, 7) is 6.95. The van der Waals surface area contributed by atoms with Gasteiger partial charge < -0.3 is 15.5 Å². The van der Waals surface area contributed by atoms with Gasteiger partial charge in [0.25, 0.3) is 11.8 Å². The van der Waals surface area contributed by atoms with E-state index in [0.29, 0.717) is 17.8 Å². The number of hydrogen-bond donors (Lipinski definition) is 2. The van der Waals surface area contributed by atoms with Crippen molar-refractivity contribution in [1.82, 2.24) is 10.2 Å². The lowest BCUT2D eigenvalue weighted by molar-refractivity contribution is 0.0946. The first-order valence-corrected chi connectivity index (χ1v) is 11.5. The van der Waals surface area contributed by atoms with E-state index in [1.54, 1.807) is 24.3 Å². The zero-order valence-electron chi connectivity index (χ0n) is 19.3. The lowest BCUT2D eigenvalue weighted by Crippen LogP contribution is -2.48. The normalized spacial score (nSPS) is 14.0. The first-order chi connectivity index (χ1) is 16.5. The molecule has 0 atom stereocenters. The summed E-state index contributed by atoms with van der Waals surface area (Å²) in [6.07, 6.45) is 0. The van der Waals surface area contributed by atoms with Crippen LogP contribution < -0.4 is 15.5 Å². The highest BCUT2D eigenvalue weighted by atomic mass is 19.1. The predicted octanol–water partition coefficient (Wildman–Crippen LogP) is 3.94. The summed E-state index contributed by atoms with van der Waals surface area (Å²) in [7, 11) is 0.